The molecule has 1 unspecified atom stereocenters. The second-order valence-electron chi connectivity index (χ2n) is 3.11. The van der Waals surface area contributed by atoms with E-state index in [1.54, 1.807) is 0 Å². The molecule has 0 aliphatic heterocycles. The predicted molar refractivity (Wildman–Crippen MR) is 53.9 cm³/mol. The zero-order chi connectivity index (χ0) is 13.1. The van der Waals surface area contributed by atoms with Crippen molar-refractivity contribution in [2.75, 3.05) is 13.2 Å². The predicted octanol–water partition coefficient (Wildman–Crippen LogP) is -1.39. The van der Waals surface area contributed by atoms with Gasteiger partial charge in [-0.15, -0.1) is 0 Å². The van der Waals surface area contributed by atoms with Crippen LogP contribution in [0.25, 0.3) is 0 Å². The van der Waals surface area contributed by atoms with Crippen LogP contribution in [0.4, 0.5) is 0 Å². The molecule has 96 valence electrons. The molecule has 0 aliphatic carbocycles. The first-order valence-electron chi connectivity index (χ1n) is 4.48. The lowest BCUT2D eigenvalue weighted by Gasteiger charge is -2.07. The average Bonchev–Trinajstić information content (AvgIpc) is 2.76. The number of carboxylic acids is 1. The van der Waals surface area contributed by atoms with Crippen LogP contribution in [-0.4, -0.2) is 49.0 Å². The lowest BCUT2D eigenvalue weighted by atomic mass is 10.4. The summed E-state index contributed by atoms with van der Waals surface area (Å²) in [6.45, 7) is -0.997. The molecule has 1 atom stereocenters. The van der Waals surface area contributed by atoms with Gasteiger partial charge in [-0.1, -0.05) is 0 Å². The van der Waals surface area contributed by atoms with E-state index in [-0.39, 0.29) is 0 Å². The Hall–Kier alpha value is -1.42. The molecule has 0 bridgehead atoms. The molecule has 4 N–H and O–H groups in total. The Kier molecular flexibility index (Phi) is 4.23. The Balaban J connectivity index is 2.79. The Bertz CT molecular complexity index is 492. The van der Waals surface area contributed by atoms with E-state index in [4.69, 9.17) is 15.3 Å². The number of aliphatic hydroxyl groups excluding tert-OH is 2. The SMILES string of the molecule is O=C(O)c1ccc(S(=O)(=O)NCC(O)CO)o1. The third-order valence-electron chi connectivity index (χ3n) is 1.78. The highest BCUT2D eigenvalue weighted by Crippen LogP contribution is 2.13. The summed E-state index contributed by atoms with van der Waals surface area (Å²) in [6.07, 6.45) is -1.24. The molecule has 1 aromatic rings. The lowest BCUT2D eigenvalue weighted by molar-refractivity contribution is 0.0656. The summed E-state index contributed by atoms with van der Waals surface area (Å²) in [6, 6.07) is 1.98. The highest BCUT2D eigenvalue weighted by atomic mass is 32.2. The maximum Gasteiger partial charge on any atom is 0.371 e. The second-order valence-corrected chi connectivity index (χ2v) is 4.81. The summed E-state index contributed by atoms with van der Waals surface area (Å²) in [7, 11) is -4.03. The highest BCUT2D eigenvalue weighted by molar-refractivity contribution is 7.89. The van der Waals surface area contributed by atoms with Gasteiger partial charge in [0, 0.05) is 6.54 Å². The fraction of sp³-hybridized carbons (Fsp3) is 0.375. The van der Waals surface area contributed by atoms with Gasteiger partial charge in [-0.25, -0.2) is 17.9 Å². The van der Waals surface area contributed by atoms with Crippen LogP contribution in [0, 0.1) is 0 Å². The van der Waals surface area contributed by atoms with Gasteiger partial charge >= 0.3 is 5.97 Å². The average molecular weight is 265 g/mol. The third kappa shape index (κ3) is 3.53. The minimum absolute atomic E-state index is 0.401. The van der Waals surface area contributed by atoms with Crippen LogP contribution in [0.2, 0.25) is 0 Å². The van der Waals surface area contributed by atoms with Gasteiger partial charge in [0.25, 0.3) is 10.0 Å². The van der Waals surface area contributed by atoms with E-state index in [0.29, 0.717) is 0 Å². The van der Waals surface area contributed by atoms with Gasteiger partial charge in [-0.2, -0.15) is 0 Å². The molecule has 1 rings (SSSR count). The molecule has 0 aliphatic rings. The van der Waals surface area contributed by atoms with Crippen molar-refractivity contribution < 1.29 is 32.9 Å². The van der Waals surface area contributed by atoms with Gasteiger partial charge in [0.1, 0.15) is 0 Å². The van der Waals surface area contributed by atoms with Gasteiger partial charge in [0.2, 0.25) is 10.9 Å². The van der Waals surface area contributed by atoms with Crippen molar-refractivity contribution in [1.82, 2.24) is 4.72 Å². The lowest BCUT2D eigenvalue weighted by Crippen LogP contribution is -2.33. The molecular formula is C8H11NO7S. The molecule has 0 aromatic carbocycles. The van der Waals surface area contributed by atoms with Gasteiger partial charge in [0.05, 0.1) is 12.7 Å². The number of hydrogen-bond acceptors (Lipinski definition) is 6. The first-order valence-corrected chi connectivity index (χ1v) is 5.97. The molecule has 1 aromatic heterocycles. The third-order valence-corrected chi connectivity index (χ3v) is 3.07. The van der Waals surface area contributed by atoms with E-state index in [1.807, 2.05) is 4.72 Å². The van der Waals surface area contributed by atoms with Crippen LogP contribution in [0.15, 0.2) is 21.6 Å². The number of sulfonamides is 1. The summed E-state index contributed by atoms with van der Waals surface area (Å²) in [4.78, 5) is 10.5. The van der Waals surface area contributed by atoms with Crippen LogP contribution in [-0.2, 0) is 10.0 Å². The number of carboxylic acid groups (broad SMARTS) is 1. The summed E-state index contributed by atoms with van der Waals surface area (Å²) in [5.41, 5.74) is 0. The van der Waals surface area contributed by atoms with Crippen LogP contribution in [0.3, 0.4) is 0 Å². The fourth-order valence-corrected chi connectivity index (χ4v) is 1.92. The van der Waals surface area contributed by atoms with Crippen molar-refractivity contribution in [3.05, 3.63) is 17.9 Å². The Morgan fingerprint density at radius 1 is 1.47 bits per heavy atom. The van der Waals surface area contributed by atoms with Crippen molar-refractivity contribution >= 4 is 16.0 Å². The molecule has 0 spiro atoms. The molecule has 0 amide bonds. The van der Waals surface area contributed by atoms with Crippen molar-refractivity contribution in [1.29, 1.82) is 0 Å². The molecule has 8 nitrogen and oxygen atoms in total. The zero-order valence-electron chi connectivity index (χ0n) is 8.53. The van der Waals surface area contributed by atoms with E-state index in [1.165, 1.54) is 0 Å². The van der Waals surface area contributed by atoms with Gasteiger partial charge < -0.3 is 19.7 Å². The fourth-order valence-electron chi connectivity index (χ4n) is 0.921. The summed E-state index contributed by atoms with van der Waals surface area (Å²) < 4.78 is 29.5. The summed E-state index contributed by atoms with van der Waals surface area (Å²) in [5, 5.41) is 25.4. The smallest absolute Gasteiger partial charge is 0.371 e. The number of nitrogens with one attached hydrogen (secondary N) is 1. The molecular weight excluding hydrogens is 254 g/mol. The van der Waals surface area contributed by atoms with Crippen LogP contribution in [0.1, 0.15) is 10.6 Å². The van der Waals surface area contributed by atoms with Crippen LogP contribution >= 0.6 is 0 Å². The van der Waals surface area contributed by atoms with Gasteiger partial charge in [-0.05, 0) is 12.1 Å². The first-order chi connectivity index (χ1) is 7.86. The number of aromatic carboxylic acids is 1. The maximum absolute atomic E-state index is 11.5. The summed E-state index contributed by atoms with van der Waals surface area (Å²) >= 11 is 0. The Labute approximate surface area is 96.5 Å². The van der Waals surface area contributed by atoms with E-state index in [2.05, 4.69) is 4.42 Å². The van der Waals surface area contributed by atoms with Gasteiger partial charge in [0.15, 0.2) is 0 Å². The Morgan fingerprint density at radius 3 is 2.59 bits per heavy atom. The maximum atomic E-state index is 11.5. The molecule has 0 saturated carbocycles. The Morgan fingerprint density at radius 2 is 2.12 bits per heavy atom. The van der Waals surface area contributed by atoms with Crippen molar-refractivity contribution in [3.63, 3.8) is 0 Å². The van der Waals surface area contributed by atoms with E-state index in [0.717, 1.165) is 12.1 Å². The highest BCUT2D eigenvalue weighted by Gasteiger charge is 2.21. The van der Waals surface area contributed by atoms with E-state index < -0.39 is 46.1 Å². The van der Waals surface area contributed by atoms with E-state index >= 15 is 0 Å². The normalized spacial score (nSPS) is 13.5. The molecule has 0 radical (unpaired) electrons. The van der Waals surface area contributed by atoms with Gasteiger partial charge in [-0.3, -0.25) is 0 Å². The number of hydrogen-bond donors (Lipinski definition) is 4. The molecule has 9 heteroatoms. The number of carbonyl (C=O) groups is 1. The van der Waals surface area contributed by atoms with Crippen molar-refractivity contribution in [3.8, 4) is 0 Å². The van der Waals surface area contributed by atoms with Crippen molar-refractivity contribution in [2.24, 2.45) is 0 Å². The molecule has 1 heterocycles. The second kappa shape index (κ2) is 5.27. The monoisotopic (exact) mass is 265 g/mol. The van der Waals surface area contributed by atoms with Crippen molar-refractivity contribution in [2.45, 2.75) is 11.2 Å². The minimum Gasteiger partial charge on any atom is -0.475 e. The largest absolute Gasteiger partial charge is 0.475 e. The van der Waals surface area contributed by atoms with Crippen LogP contribution in [0.5, 0.6) is 0 Å². The molecule has 17 heavy (non-hydrogen) atoms. The molecule has 0 saturated heterocycles. The number of furan rings is 1. The zero-order valence-corrected chi connectivity index (χ0v) is 9.35. The standard InChI is InChI=1S/C8H11NO7S/c10-4-5(11)3-9-17(14,15)7-2-1-6(16-7)8(12)13/h1-2,5,9-11H,3-4H2,(H,12,13). The van der Waals surface area contributed by atoms with Crippen LogP contribution < -0.4 is 4.72 Å². The van der Waals surface area contributed by atoms with E-state index in [9.17, 15) is 13.2 Å². The first kappa shape index (κ1) is 13.6. The molecule has 0 fully saturated rings. The number of aliphatic hydroxyl groups is 2. The summed E-state index contributed by atoms with van der Waals surface area (Å²) in [5.74, 6) is -1.89. The topological polar surface area (TPSA) is 137 Å². The quantitative estimate of drug-likeness (QED) is 0.497. The minimum atomic E-state index is -4.03. The number of rotatable bonds is 6.